The molecule has 1 amide bonds. The van der Waals surface area contributed by atoms with E-state index in [1.165, 1.54) is 11.8 Å². The predicted molar refractivity (Wildman–Crippen MR) is 84.8 cm³/mol. The van der Waals surface area contributed by atoms with Gasteiger partial charge in [-0.3, -0.25) is 9.59 Å². The lowest BCUT2D eigenvalue weighted by Gasteiger charge is -2.18. The maximum Gasteiger partial charge on any atom is 0.227 e. The fourth-order valence-corrected chi connectivity index (χ4v) is 3.33. The van der Waals surface area contributed by atoms with Crippen molar-refractivity contribution in [3.05, 3.63) is 27.7 Å². The number of hydrogen-bond acceptors (Lipinski definition) is 3. The van der Waals surface area contributed by atoms with E-state index in [0.29, 0.717) is 28.8 Å². The number of carbonyl (C=O) groups is 2. The fraction of sp³-hybridized carbons (Fsp3) is 0.429. The molecule has 0 aromatic heterocycles. The number of carbonyl (C=O) groups excluding carboxylic acids is 2. The van der Waals surface area contributed by atoms with E-state index in [0.717, 1.165) is 11.3 Å². The zero-order valence-corrected chi connectivity index (χ0v) is 13.6. The molecule has 1 aliphatic rings. The lowest BCUT2D eigenvalue weighted by Crippen LogP contribution is -2.24. The molecule has 0 saturated carbocycles. The molecule has 1 atom stereocenters. The Morgan fingerprint density at radius 2 is 2.00 bits per heavy atom. The van der Waals surface area contributed by atoms with Crippen LogP contribution < -0.4 is 4.90 Å². The van der Waals surface area contributed by atoms with Crippen molar-refractivity contribution in [2.75, 3.05) is 17.2 Å². The normalized spacial score (nSPS) is 18.7. The summed E-state index contributed by atoms with van der Waals surface area (Å²) in [5.74, 6) is 0.913. The molecule has 0 spiro atoms. The van der Waals surface area contributed by atoms with Crippen molar-refractivity contribution in [2.24, 2.45) is 5.92 Å². The molecule has 1 aromatic rings. The maximum atomic E-state index is 12.1. The van der Waals surface area contributed by atoms with E-state index < -0.39 is 0 Å². The Labute approximate surface area is 132 Å². The molecule has 1 aromatic carbocycles. The van der Waals surface area contributed by atoms with Crippen LogP contribution in [0.3, 0.4) is 0 Å². The SMILES string of the molecule is CC(=O)SCC1CC(=O)N(c2cc(Cl)c(C)c(Cl)c2)C1. The van der Waals surface area contributed by atoms with Crippen molar-refractivity contribution in [1.29, 1.82) is 0 Å². The third-order valence-electron chi connectivity index (χ3n) is 3.30. The Kier molecular flexibility index (Phi) is 4.99. The first kappa shape index (κ1) is 15.7. The summed E-state index contributed by atoms with van der Waals surface area (Å²) in [6, 6.07) is 3.53. The predicted octanol–water partition coefficient (Wildman–Crippen LogP) is 3.93. The Morgan fingerprint density at radius 1 is 1.40 bits per heavy atom. The molecule has 1 fully saturated rings. The number of anilines is 1. The number of benzene rings is 1. The standard InChI is InChI=1S/C14H15Cl2NO2S/c1-8-12(15)4-11(5-13(8)16)17-6-10(3-14(17)19)7-20-9(2)18/h4-5,10H,3,6-7H2,1-2H3. The zero-order chi connectivity index (χ0) is 14.9. The van der Waals surface area contributed by atoms with Gasteiger partial charge in [-0.2, -0.15) is 0 Å². The lowest BCUT2D eigenvalue weighted by atomic mass is 10.1. The van der Waals surface area contributed by atoms with Crippen LogP contribution in [-0.4, -0.2) is 23.3 Å². The molecule has 1 unspecified atom stereocenters. The van der Waals surface area contributed by atoms with Crippen LogP contribution in [0.5, 0.6) is 0 Å². The molecule has 2 rings (SSSR count). The number of rotatable bonds is 3. The van der Waals surface area contributed by atoms with E-state index in [2.05, 4.69) is 0 Å². The minimum absolute atomic E-state index is 0.0511. The number of thioether (sulfide) groups is 1. The van der Waals surface area contributed by atoms with Gasteiger partial charge in [-0.1, -0.05) is 35.0 Å². The number of amides is 1. The minimum Gasteiger partial charge on any atom is -0.312 e. The molecule has 1 heterocycles. The smallest absolute Gasteiger partial charge is 0.227 e. The summed E-state index contributed by atoms with van der Waals surface area (Å²) in [7, 11) is 0. The molecule has 108 valence electrons. The minimum atomic E-state index is 0.0511. The first-order valence-electron chi connectivity index (χ1n) is 6.28. The van der Waals surface area contributed by atoms with Gasteiger partial charge in [0.05, 0.1) is 0 Å². The highest BCUT2D eigenvalue weighted by Crippen LogP contribution is 2.33. The molecule has 0 radical (unpaired) electrons. The Balaban J connectivity index is 2.14. The zero-order valence-electron chi connectivity index (χ0n) is 11.3. The van der Waals surface area contributed by atoms with Crippen molar-refractivity contribution in [3.63, 3.8) is 0 Å². The van der Waals surface area contributed by atoms with E-state index in [1.807, 2.05) is 6.92 Å². The van der Waals surface area contributed by atoms with Crippen molar-refractivity contribution in [2.45, 2.75) is 20.3 Å². The molecular weight excluding hydrogens is 317 g/mol. The van der Waals surface area contributed by atoms with Gasteiger partial charge < -0.3 is 4.90 Å². The van der Waals surface area contributed by atoms with Crippen LogP contribution in [0.25, 0.3) is 0 Å². The van der Waals surface area contributed by atoms with Gasteiger partial charge >= 0.3 is 0 Å². The number of hydrogen-bond donors (Lipinski definition) is 0. The summed E-state index contributed by atoms with van der Waals surface area (Å²) >= 11 is 13.5. The van der Waals surface area contributed by atoms with Crippen molar-refractivity contribution in [1.82, 2.24) is 0 Å². The maximum absolute atomic E-state index is 12.1. The van der Waals surface area contributed by atoms with Gasteiger partial charge in [0.1, 0.15) is 0 Å². The van der Waals surface area contributed by atoms with Gasteiger partial charge in [0.15, 0.2) is 5.12 Å². The van der Waals surface area contributed by atoms with Crippen LogP contribution >= 0.6 is 35.0 Å². The second-order valence-electron chi connectivity index (χ2n) is 4.91. The summed E-state index contributed by atoms with van der Waals surface area (Å²) in [6.45, 7) is 3.99. The number of nitrogens with zero attached hydrogens (tertiary/aromatic N) is 1. The van der Waals surface area contributed by atoms with Crippen LogP contribution in [0, 0.1) is 12.8 Å². The van der Waals surface area contributed by atoms with E-state index in [1.54, 1.807) is 24.0 Å². The summed E-state index contributed by atoms with van der Waals surface area (Å²) in [4.78, 5) is 24.8. The van der Waals surface area contributed by atoms with Crippen LogP contribution in [0.1, 0.15) is 18.9 Å². The molecule has 0 bridgehead atoms. The van der Waals surface area contributed by atoms with Crippen LogP contribution in [-0.2, 0) is 9.59 Å². The summed E-state index contributed by atoms with van der Waals surface area (Å²) < 4.78 is 0. The van der Waals surface area contributed by atoms with Gasteiger partial charge in [0.25, 0.3) is 0 Å². The van der Waals surface area contributed by atoms with Crippen molar-refractivity contribution in [3.8, 4) is 0 Å². The monoisotopic (exact) mass is 331 g/mol. The number of halogens is 2. The first-order chi connectivity index (χ1) is 9.38. The topological polar surface area (TPSA) is 37.4 Å². The van der Waals surface area contributed by atoms with Crippen LogP contribution in [0.2, 0.25) is 10.0 Å². The molecule has 0 aliphatic carbocycles. The second-order valence-corrected chi connectivity index (χ2v) is 6.92. The van der Waals surface area contributed by atoms with Crippen molar-refractivity contribution >= 4 is 51.7 Å². The molecule has 1 saturated heterocycles. The van der Waals surface area contributed by atoms with Gasteiger partial charge in [0, 0.05) is 41.4 Å². The average molecular weight is 332 g/mol. The second kappa shape index (κ2) is 6.37. The highest BCUT2D eigenvalue weighted by atomic mass is 35.5. The summed E-state index contributed by atoms with van der Waals surface area (Å²) in [6.07, 6.45) is 0.462. The lowest BCUT2D eigenvalue weighted by molar-refractivity contribution is -0.117. The van der Waals surface area contributed by atoms with E-state index in [4.69, 9.17) is 23.2 Å². The Morgan fingerprint density at radius 3 is 2.55 bits per heavy atom. The highest BCUT2D eigenvalue weighted by Gasteiger charge is 2.31. The molecular formula is C14H15Cl2NO2S. The van der Waals surface area contributed by atoms with E-state index in [-0.39, 0.29) is 16.9 Å². The van der Waals surface area contributed by atoms with Crippen molar-refractivity contribution < 1.29 is 9.59 Å². The molecule has 1 aliphatic heterocycles. The van der Waals surface area contributed by atoms with E-state index >= 15 is 0 Å². The van der Waals surface area contributed by atoms with Gasteiger partial charge in [-0.05, 0) is 30.5 Å². The molecule has 20 heavy (non-hydrogen) atoms. The molecule has 3 nitrogen and oxygen atoms in total. The van der Waals surface area contributed by atoms with Crippen LogP contribution in [0.15, 0.2) is 12.1 Å². The van der Waals surface area contributed by atoms with Crippen LogP contribution in [0.4, 0.5) is 5.69 Å². The van der Waals surface area contributed by atoms with Gasteiger partial charge in [-0.15, -0.1) is 0 Å². The highest BCUT2D eigenvalue weighted by molar-refractivity contribution is 8.13. The summed E-state index contributed by atoms with van der Waals surface area (Å²) in [5.41, 5.74) is 1.54. The molecule has 0 N–H and O–H groups in total. The molecule has 6 heteroatoms. The third kappa shape index (κ3) is 3.48. The average Bonchev–Trinajstić information content (AvgIpc) is 2.74. The fourth-order valence-electron chi connectivity index (χ4n) is 2.17. The summed E-state index contributed by atoms with van der Waals surface area (Å²) in [5, 5.41) is 1.20. The van der Waals surface area contributed by atoms with E-state index in [9.17, 15) is 9.59 Å². The largest absolute Gasteiger partial charge is 0.312 e. The third-order valence-corrected chi connectivity index (χ3v) is 5.13. The quantitative estimate of drug-likeness (QED) is 0.841. The first-order valence-corrected chi connectivity index (χ1v) is 8.02. The Hall–Kier alpha value is -0.710. The van der Waals surface area contributed by atoms with Gasteiger partial charge in [0.2, 0.25) is 5.91 Å². The van der Waals surface area contributed by atoms with Gasteiger partial charge in [-0.25, -0.2) is 0 Å². The Bertz CT molecular complexity index is 539.